The summed E-state index contributed by atoms with van der Waals surface area (Å²) >= 11 is 0.500. The molecule has 0 aliphatic heterocycles. The Morgan fingerprint density at radius 3 is 1.50 bits per heavy atom. The predicted molar refractivity (Wildman–Crippen MR) is 8.66 cm³/mol. The average molecular weight is 337 g/mol. The Labute approximate surface area is 106 Å². The first-order chi connectivity index (χ1) is 1.00. The van der Waals surface area contributed by atoms with E-state index in [9.17, 15) is 0 Å². The number of rotatable bonds is 0. The molecule has 0 spiro atoms. The fraction of sp³-hybridized carbons (Fsp3) is 0. The van der Waals surface area contributed by atoms with Crippen LogP contribution in [-0.2, 0) is 57.0 Å². The molecule has 0 rings (SSSR count). The van der Waals surface area contributed by atoms with Gasteiger partial charge in [0.2, 0.25) is 0 Å². The van der Waals surface area contributed by atoms with E-state index in [1.165, 1.54) is 0 Å². The summed E-state index contributed by atoms with van der Waals surface area (Å²) in [5, 5.41) is 0. The Kier molecular flexibility index (Phi) is 64.1. The van der Waals surface area contributed by atoms with Gasteiger partial charge in [0.1, 0.15) is 0 Å². The molecule has 0 aliphatic rings. The van der Waals surface area contributed by atoms with E-state index in [0.29, 0.717) is 21.0 Å². The fourth-order valence-corrected chi connectivity index (χ4v) is 0. The van der Waals surface area contributed by atoms with Gasteiger partial charge in [0.25, 0.3) is 0 Å². The standard InChI is InChI=1S/Ba.Nb.O.Y.2H/q+2;;;;2*-1. The van der Waals surface area contributed by atoms with E-state index in [2.05, 4.69) is 0 Å². The normalized spacial score (nSPS) is 0.750. The summed E-state index contributed by atoms with van der Waals surface area (Å²) in [6.45, 7) is 0. The van der Waals surface area contributed by atoms with E-state index >= 15 is 0 Å². The second-order valence-electron chi connectivity index (χ2n) is 0. The number of hydrogen-bond donors (Lipinski definition) is 0. The maximum Gasteiger partial charge on any atom is 0 e. The molecular weight excluding hydrogens is 335 g/mol. The maximum atomic E-state index is 8.30. The molecule has 0 saturated carbocycles. The van der Waals surface area contributed by atoms with Crippen molar-refractivity contribution in [2.24, 2.45) is 0 Å². The SMILES string of the molecule is [Ba+2].[H-].[H-].[O]=[Nb].[Y]. The van der Waals surface area contributed by atoms with Crippen LogP contribution in [0.5, 0.6) is 0 Å². The molecule has 0 aromatic carbocycles. The van der Waals surface area contributed by atoms with Crippen LogP contribution >= 0.6 is 0 Å². The van der Waals surface area contributed by atoms with Crippen molar-refractivity contribution in [3.63, 3.8) is 0 Å². The van der Waals surface area contributed by atoms with E-state index in [0.717, 1.165) is 0 Å². The molecular formula is H2BaNbOY. The smallest absolute Gasteiger partial charge is 0 e. The molecule has 0 aromatic rings. The van der Waals surface area contributed by atoms with Crippen LogP contribution in [0.2, 0.25) is 0 Å². The number of hydrogen-bond acceptors (Lipinski definition) is 1. The minimum Gasteiger partial charge on any atom is 0 e. The first-order valence-electron chi connectivity index (χ1n) is 0.183. The van der Waals surface area contributed by atoms with Gasteiger partial charge in [-0.2, -0.15) is 0 Å². The molecule has 0 saturated heterocycles. The van der Waals surface area contributed by atoms with Crippen LogP contribution in [0.4, 0.5) is 0 Å². The molecule has 0 aliphatic carbocycles. The Hall–Kier alpha value is 3.22. The Balaban J connectivity index is -0.000000000833. The molecule has 0 aromatic heterocycles. The maximum absolute atomic E-state index is 8.30. The van der Waals surface area contributed by atoms with Crippen molar-refractivity contribution in [2.45, 2.75) is 0 Å². The van der Waals surface area contributed by atoms with Gasteiger partial charge in [-0.15, -0.1) is 0 Å². The van der Waals surface area contributed by atoms with Crippen LogP contribution in [0.15, 0.2) is 0 Å². The molecule has 0 atom stereocenters. The van der Waals surface area contributed by atoms with Crippen molar-refractivity contribution in [3.05, 3.63) is 0 Å². The minimum absolute atomic E-state index is 0. The summed E-state index contributed by atoms with van der Waals surface area (Å²) < 4.78 is 8.30. The Bertz CT molecular complexity index is 13.5. The summed E-state index contributed by atoms with van der Waals surface area (Å²) in [6, 6.07) is 0. The van der Waals surface area contributed by atoms with Gasteiger partial charge in [0.05, 0.1) is 0 Å². The van der Waals surface area contributed by atoms with Crippen molar-refractivity contribution in [3.8, 4) is 0 Å². The summed E-state index contributed by atoms with van der Waals surface area (Å²) in [7, 11) is 0. The van der Waals surface area contributed by atoms with Gasteiger partial charge < -0.3 is 2.85 Å². The van der Waals surface area contributed by atoms with E-state index < -0.39 is 0 Å². The molecule has 1 radical (unpaired) electrons. The molecule has 4 heavy (non-hydrogen) atoms. The summed E-state index contributed by atoms with van der Waals surface area (Å²) in [4.78, 5) is 0. The van der Waals surface area contributed by atoms with Gasteiger partial charge in [-0.25, -0.2) is 0 Å². The molecule has 0 bridgehead atoms. The van der Waals surface area contributed by atoms with E-state index in [4.69, 9.17) is 3.25 Å². The van der Waals surface area contributed by atoms with Gasteiger partial charge in [-0.05, 0) is 0 Å². The van der Waals surface area contributed by atoms with E-state index in [1.807, 2.05) is 0 Å². The Morgan fingerprint density at radius 2 is 1.50 bits per heavy atom. The topological polar surface area (TPSA) is 17.1 Å². The molecule has 0 heterocycles. The van der Waals surface area contributed by atoms with Gasteiger partial charge >= 0.3 is 73.2 Å². The summed E-state index contributed by atoms with van der Waals surface area (Å²) in [5.41, 5.74) is 0. The molecule has 0 fully saturated rings. The van der Waals surface area contributed by atoms with Crippen LogP contribution in [0.25, 0.3) is 0 Å². The van der Waals surface area contributed by atoms with Crippen LogP contribution < -0.4 is 0 Å². The van der Waals surface area contributed by atoms with Crippen molar-refractivity contribution >= 4 is 48.9 Å². The molecule has 0 N–H and O–H groups in total. The van der Waals surface area contributed by atoms with Gasteiger partial charge in [0, 0.05) is 32.7 Å². The zero-order chi connectivity index (χ0) is 2.00. The fourth-order valence-electron chi connectivity index (χ4n) is 0. The molecule has 1 nitrogen and oxygen atoms in total. The molecule has 0 unspecified atom stereocenters. The second kappa shape index (κ2) is 16.4. The summed E-state index contributed by atoms with van der Waals surface area (Å²) in [5.74, 6) is 0. The third kappa shape index (κ3) is 8.96. The quantitative estimate of drug-likeness (QED) is 0.556. The first-order valence-corrected chi connectivity index (χ1v) is 1.08. The largest absolute Gasteiger partial charge is 0 e. The zero-order valence-electron chi connectivity index (χ0n) is 4.14. The third-order valence-electron chi connectivity index (χ3n) is 0. The molecule has 0 amide bonds. The minimum atomic E-state index is 0. The average Bonchev–Trinajstić information content (AvgIpc) is 1.00. The predicted octanol–water partition coefficient (Wildman–Crippen LogP) is -0.280. The van der Waals surface area contributed by atoms with Crippen molar-refractivity contribution < 1.29 is 59.9 Å². The monoisotopic (exact) mass is 338 g/mol. The van der Waals surface area contributed by atoms with Crippen molar-refractivity contribution in [1.29, 1.82) is 0 Å². The van der Waals surface area contributed by atoms with Gasteiger partial charge in [-0.1, -0.05) is 0 Å². The first kappa shape index (κ1) is 15.7. The van der Waals surface area contributed by atoms with E-state index in [-0.39, 0.29) is 84.4 Å². The van der Waals surface area contributed by atoms with Crippen molar-refractivity contribution in [1.82, 2.24) is 0 Å². The Morgan fingerprint density at radius 1 is 1.50 bits per heavy atom. The zero-order valence-corrected chi connectivity index (χ0v) is 11.6. The summed E-state index contributed by atoms with van der Waals surface area (Å²) in [6.07, 6.45) is 0. The van der Waals surface area contributed by atoms with E-state index in [1.54, 1.807) is 0 Å². The van der Waals surface area contributed by atoms with Crippen LogP contribution in [0, 0.1) is 0 Å². The second-order valence-corrected chi connectivity index (χ2v) is 0. The van der Waals surface area contributed by atoms with Crippen LogP contribution in [0.1, 0.15) is 2.85 Å². The molecule has 18 valence electrons. The van der Waals surface area contributed by atoms with Gasteiger partial charge in [-0.3, -0.25) is 0 Å². The molecule has 4 heteroatoms. The van der Waals surface area contributed by atoms with Crippen LogP contribution in [0.3, 0.4) is 0 Å². The van der Waals surface area contributed by atoms with Gasteiger partial charge in [0.15, 0.2) is 0 Å². The van der Waals surface area contributed by atoms with Crippen LogP contribution in [-0.4, -0.2) is 48.9 Å². The van der Waals surface area contributed by atoms with Crippen molar-refractivity contribution in [2.75, 3.05) is 0 Å². The third-order valence-corrected chi connectivity index (χ3v) is 0.